The molecule has 1 aromatic heterocycles. The Labute approximate surface area is 199 Å². The number of aromatic nitrogens is 1. The second-order valence-corrected chi connectivity index (χ2v) is 11.4. The quantitative estimate of drug-likeness (QED) is 0.518. The normalized spacial score (nSPS) is 19.1. The van der Waals surface area contributed by atoms with E-state index in [2.05, 4.69) is 21.4 Å². The molecule has 8 heteroatoms. The summed E-state index contributed by atoms with van der Waals surface area (Å²) < 4.78 is 41.2. The Kier molecular flexibility index (Phi) is 5.27. The average molecular weight is 478 g/mol. The number of nitrogens with one attached hydrogen (secondary N) is 1. The molecular weight excluding hydrogens is 450 g/mol. The number of fused-ring (bicyclic) bond motifs is 1. The highest BCUT2D eigenvalue weighted by atomic mass is 32.2. The maximum Gasteiger partial charge on any atom is 0.235 e. The van der Waals surface area contributed by atoms with E-state index in [-0.39, 0.29) is 11.4 Å². The first-order valence-corrected chi connectivity index (χ1v) is 13.5. The molecule has 2 aliphatic carbocycles. The third kappa shape index (κ3) is 4.04. The lowest BCUT2D eigenvalue weighted by Gasteiger charge is -2.23. The maximum atomic E-state index is 12.3. The lowest BCUT2D eigenvalue weighted by Crippen LogP contribution is -2.25. The van der Waals surface area contributed by atoms with Crippen LogP contribution in [-0.2, 0) is 14.8 Å². The predicted molar refractivity (Wildman–Crippen MR) is 130 cm³/mol. The largest absolute Gasteiger partial charge is 0.490 e. The first kappa shape index (κ1) is 21.5. The van der Waals surface area contributed by atoms with Gasteiger partial charge in [0.1, 0.15) is 17.9 Å². The first-order chi connectivity index (χ1) is 16.5. The molecule has 0 atom stereocenters. The summed E-state index contributed by atoms with van der Waals surface area (Å²) in [6.45, 7) is 1.45. The van der Waals surface area contributed by atoms with Gasteiger partial charge in [0.2, 0.25) is 10.0 Å². The standard InChI is InChI=1S/C26H27N3O4S/c27-16-24-23-10-7-21(33-20-11-13-32-14-12-20)15-25(23)29(19-5-6-19)26(24)17-1-3-18(4-2-17)28-34(30,31)22-8-9-22/h1-4,7,10,15,19-20,22,28H,5-6,8-9,11-14H2. The minimum Gasteiger partial charge on any atom is -0.490 e. The zero-order chi connectivity index (χ0) is 23.3. The van der Waals surface area contributed by atoms with Crippen LogP contribution < -0.4 is 9.46 Å². The van der Waals surface area contributed by atoms with Crippen molar-refractivity contribution in [1.82, 2.24) is 4.57 Å². The molecule has 6 rings (SSSR count). The number of benzene rings is 2. The number of rotatable bonds is 7. The topological polar surface area (TPSA) is 93.4 Å². The van der Waals surface area contributed by atoms with Gasteiger partial charge in [0.25, 0.3) is 0 Å². The van der Waals surface area contributed by atoms with E-state index in [9.17, 15) is 13.7 Å². The smallest absolute Gasteiger partial charge is 0.235 e. The van der Waals surface area contributed by atoms with Gasteiger partial charge in [-0.2, -0.15) is 5.26 Å². The van der Waals surface area contributed by atoms with Gasteiger partial charge in [-0.3, -0.25) is 4.72 Å². The fourth-order valence-electron chi connectivity index (χ4n) is 4.78. The number of ether oxygens (including phenoxy) is 2. The zero-order valence-electron chi connectivity index (χ0n) is 18.9. The Balaban J connectivity index is 1.38. The molecule has 3 aliphatic rings. The lowest BCUT2D eigenvalue weighted by molar-refractivity contribution is 0.0256. The number of hydrogen-bond acceptors (Lipinski definition) is 5. The van der Waals surface area contributed by atoms with E-state index < -0.39 is 10.0 Å². The van der Waals surface area contributed by atoms with Crippen molar-refractivity contribution in [1.29, 1.82) is 5.26 Å². The summed E-state index contributed by atoms with van der Waals surface area (Å²) in [5, 5.41) is 10.7. The van der Waals surface area contributed by atoms with Gasteiger partial charge < -0.3 is 14.0 Å². The van der Waals surface area contributed by atoms with Crippen LogP contribution in [0.5, 0.6) is 5.75 Å². The fourth-order valence-corrected chi connectivity index (χ4v) is 6.17. The molecule has 1 aliphatic heterocycles. The van der Waals surface area contributed by atoms with Crippen LogP contribution in [0.25, 0.3) is 22.2 Å². The highest BCUT2D eigenvalue weighted by Gasteiger charge is 2.36. The number of hydrogen-bond donors (Lipinski definition) is 1. The van der Waals surface area contributed by atoms with E-state index in [0.717, 1.165) is 79.6 Å². The summed E-state index contributed by atoms with van der Waals surface area (Å²) >= 11 is 0. The van der Waals surface area contributed by atoms with Crippen molar-refractivity contribution < 1.29 is 17.9 Å². The molecule has 2 heterocycles. The molecule has 0 spiro atoms. The van der Waals surface area contributed by atoms with Crippen LogP contribution in [0.4, 0.5) is 5.69 Å². The molecule has 2 saturated carbocycles. The number of nitrogens with zero attached hydrogens (tertiary/aromatic N) is 2. The maximum absolute atomic E-state index is 12.3. The lowest BCUT2D eigenvalue weighted by atomic mass is 10.1. The van der Waals surface area contributed by atoms with Crippen molar-refractivity contribution in [3.63, 3.8) is 0 Å². The molecular formula is C26H27N3O4S. The van der Waals surface area contributed by atoms with E-state index >= 15 is 0 Å². The van der Waals surface area contributed by atoms with E-state index in [4.69, 9.17) is 9.47 Å². The third-order valence-electron chi connectivity index (χ3n) is 6.85. The summed E-state index contributed by atoms with van der Waals surface area (Å²) in [5.41, 5.74) is 4.00. The third-order valence-corrected chi connectivity index (χ3v) is 8.72. The number of sulfonamides is 1. The highest BCUT2D eigenvalue weighted by molar-refractivity contribution is 7.93. The Hall–Kier alpha value is -3.02. The van der Waals surface area contributed by atoms with Crippen molar-refractivity contribution >= 4 is 26.6 Å². The molecule has 1 N–H and O–H groups in total. The average Bonchev–Trinajstić information content (AvgIpc) is 3.76. The molecule has 34 heavy (non-hydrogen) atoms. The molecule has 1 saturated heterocycles. The minimum absolute atomic E-state index is 0.150. The van der Waals surface area contributed by atoms with E-state index in [1.807, 2.05) is 24.3 Å². The summed E-state index contributed by atoms with van der Waals surface area (Å²) in [5.74, 6) is 0.819. The van der Waals surface area contributed by atoms with Gasteiger partial charge >= 0.3 is 0 Å². The predicted octanol–water partition coefficient (Wildman–Crippen LogP) is 4.98. The van der Waals surface area contributed by atoms with Crippen molar-refractivity contribution in [2.75, 3.05) is 17.9 Å². The summed E-state index contributed by atoms with van der Waals surface area (Å²) in [7, 11) is -3.31. The zero-order valence-corrected chi connectivity index (χ0v) is 19.7. The monoisotopic (exact) mass is 477 g/mol. The van der Waals surface area contributed by atoms with Crippen molar-refractivity contribution in [3.8, 4) is 23.1 Å². The molecule has 0 radical (unpaired) electrons. The van der Waals surface area contributed by atoms with Crippen LogP contribution in [-0.4, -0.2) is 37.6 Å². The van der Waals surface area contributed by atoms with Gasteiger partial charge in [-0.25, -0.2) is 8.42 Å². The Morgan fingerprint density at radius 2 is 1.74 bits per heavy atom. The molecule has 0 bridgehead atoms. The van der Waals surface area contributed by atoms with Crippen LogP contribution in [0.3, 0.4) is 0 Å². The number of nitriles is 1. The van der Waals surface area contributed by atoms with Crippen LogP contribution in [0.2, 0.25) is 0 Å². The van der Waals surface area contributed by atoms with Crippen LogP contribution in [0, 0.1) is 11.3 Å². The Morgan fingerprint density at radius 1 is 1.00 bits per heavy atom. The van der Waals surface area contributed by atoms with E-state index in [1.165, 1.54) is 0 Å². The number of anilines is 1. The van der Waals surface area contributed by atoms with Crippen molar-refractivity contribution in [3.05, 3.63) is 48.0 Å². The summed E-state index contributed by atoms with van der Waals surface area (Å²) in [4.78, 5) is 0. The van der Waals surface area contributed by atoms with Gasteiger partial charge in [-0.1, -0.05) is 12.1 Å². The Bertz CT molecular complexity index is 1370. The van der Waals surface area contributed by atoms with Crippen molar-refractivity contribution in [2.45, 2.75) is 55.9 Å². The molecule has 0 amide bonds. The van der Waals surface area contributed by atoms with Gasteiger partial charge in [0.15, 0.2) is 0 Å². The summed E-state index contributed by atoms with van der Waals surface area (Å²) in [6, 6.07) is 16.2. The second kappa shape index (κ2) is 8.33. The van der Waals surface area contributed by atoms with Crippen molar-refractivity contribution in [2.24, 2.45) is 0 Å². The van der Waals surface area contributed by atoms with Gasteiger partial charge in [-0.05, 0) is 55.5 Å². The fraction of sp³-hybridized carbons (Fsp3) is 0.423. The highest BCUT2D eigenvalue weighted by Crippen LogP contribution is 2.45. The summed E-state index contributed by atoms with van der Waals surface area (Å²) in [6.07, 6.45) is 5.51. The molecule has 176 valence electrons. The Morgan fingerprint density at radius 3 is 2.38 bits per heavy atom. The first-order valence-electron chi connectivity index (χ1n) is 12.0. The molecule has 3 aromatic rings. The van der Waals surface area contributed by atoms with E-state index in [1.54, 1.807) is 12.1 Å². The van der Waals surface area contributed by atoms with E-state index in [0.29, 0.717) is 17.3 Å². The molecule has 7 nitrogen and oxygen atoms in total. The van der Waals surface area contributed by atoms with Crippen LogP contribution >= 0.6 is 0 Å². The second-order valence-electron chi connectivity index (χ2n) is 9.47. The SMILES string of the molecule is N#Cc1c(-c2ccc(NS(=O)(=O)C3CC3)cc2)n(C2CC2)c2cc(OC3CCOCC3)ccc12. The molecule has 0 unspecified atom stereocenters. The van der Waals surface area contributed by atoms with Crippen LogP contribution in [0.15, 0.2) is 42.5 Å². The van der Waals surface area contributed by atoms with Gasteiger partial charge in [0, 0.05) is 36.0 Å². The van der Waals surface area contributed by atoms with Crippen LogP contribution in [0.1, 0.15) is 50.1 Å². The minimum atomic E-state index is -3.31. The van der Waals surface area contributed by atoms with Gasteiger partial charge in [-0.15, -0.1) is 0 Å². The molecule has 2 aromatic carbocycles. The van der Waals surface area contributed by atoms with Gasteiger partial charge in [0.05, 0.1) is 35.2 Å². The molecule has 3 fully saturated rings.